The van der Waals surface area contributed by atoms with Crippen molar-refractivity contribution in [2.75, 3.05) is 0 Å². The number of pyridine rings is 1. The molecule has 112 valence electrons. The highest BCUT2D eigenvalue weighted by Crippen LogP contribution is 2.18. The van der Waals surface area contributed by atoms with Crippen molar-refractivity contribution in [2.45, 2.75) is 32.7 Å². The van der Waals surface area contributed by atoms with Gasteiger partial charge in [0, 0.05) is 23.1 Å². The lowest BCUT2D eigenvalue weighted by Gasteiger charge is -2.17. The molecule has 3 rings (SSSR count). The zero-order chi connectivity index (χ0) is 15.7. The van der Waals surface area contributed by atoms with Gasteiger partial charge in [0.1, 0.15) is 0 Å². The maximum atomic E-state index is 12.3. The molecule has 0 unspecified atom stereocenters. The van der Waals surface area contributed by atoms with Crippen LogP contribution in [0.5, 0.6) is 0 Å². The SMILES string of the molecule is CC(C)(C)c1cc(=O)n(Cc2ccc3ncccc3c2)cn1. The van der Waals surface area contributed by atoms with Gasteiger partial charge in [0.15, 0.2) is 0 Å². The minimum atomic E-state index is -0.118. The molecule has 0 radical (unpaired) electrons. The molecule has 2 heterocycles. The van der Waals surface area contributed by atoms with E-state index in [1.807, 2.05) is 24.3 Å². The Morgan fingerprint density at radius 2 is 1.91 bits per heavy atom. The Balaban J connectivity index is 1.93. The first-order chi connectivity index (χ1) is 10.4. The number of benzene rings is 1. The maximum Gasteiger partial charge on any atom is 0.253 e. The van der Waals surface area contributed by atoms with E-state index in [1.54, 1.807) is 23.2 Å². The molecule has 0 spiro atoms. The second-order valence-electron chi connectivity index (χ2n) is 6.52. The molecule has 0 aliphatic carbocycles. The van der Waals surface area contributed by atoms with E-state index in [0.29, 0.717) is 6.54 Å². The molecule has 1 aromatic carbocycles. The van der Waals surface area contributed by atoms with Gasteiger partial charge in [-0.1, -0.05) is 32.9 Å². The second-order valence-corrected chi connectivity index (χ2v) is 6.52. The molecule has 0 aliphatic heterocycles. The Hall–Kier alpha value is -2.49. The van der Waals surface area contributed by atoms with Crippen LogP contribution in [0.2, 0.25) is 0 Å². The molecule has 3 aromatic rings. The minimum Gasteiger partial charge on any atom is -0.295 e. The van der Waals surface area contributed by atoms with Gasteiger partial charge in [-0.25, -0.2) is 4.98 Å². The summed E-state index contributed by atoms with van der Waals surface area (Å²) in [5, 5.41) is 1.08. The summed E-state index contributed by atoms with van der Waals surface area (Å²) in [6.45, 7) is 6.67. The van der Waals surface area contributed by atoms with E-state index in [4.69, 9.17) is 0 Å². The fourth-order valence-corrected chi connectivity index (χ4v) is 2.37. The third-order valence-corrected chi connectivity index (χ3v) is 3.67. The minimum absolute atomic E-state index is 0.0220. The molecule has 0 atom stereocenters. The van der Waals surface area contributed by atoms with Crippen LogP contribution in [0, 0.1) is 0 Å². The van der Waals surface area contributed by atoms with Crippen LogP contribution < -0.4 is 5.56 Å². The number of rotatable bonds is 2. The highest BCUT2D eigenvalue weighted by Gasteiger charge is 2.16. The molecule has 0 fully saturated rings. The van der Waals surface area contributed by atoms with Crippen molar-refractivity contribution in [3.05, 3.63) is 70.5 Å². The van der Waals surface area contributed by atoms with E-state index in [0.717, 1.165) is 22.2 Å². The molecule has 0 N–H and O–H groups in total. The van der Waals surface area contributed by atoms with Crippen LogP contribution in [0.1, 0.15) is 32.0 Å². The van der Waals surface area contributed by atoms with Gasteiger partial charge in [0.25, 0.3) is 5.56 Å². The summed E-state index contributed by atoms with van der Waals surface area (Å²) in [5.74, 6) is 0. The van der Waals surface area contributed by atoms with Gasteiger partial charge >= 0.3 is 0 Å². The largest absolute Gasteiger partial charge is 0.295 e. The van der Waals surface area contributed by atoms with Gasteiger partial charge < -0.3 is 0 Å². The summed E-state index contributed by atoms with van der Waals surface area (Å²) >= 11 is 0. The predicted molar refractivity (Wildman–Crippen MR) is 88.0 cm³/mol. The highest BCUT2D eigenvalue weighted by atomic mass is 16.1. The zero-order valence-electron chi connectivity index (χ0n) is 13.1. The normalized spacial score (nSPS) is 11.8. The van der Waals surface area contributed by atoms with Crippen molar-refractivity contribution < 1.29 is 0 Å². The molecule has 4 heteroatoms. The smallest absolute Gasteiger partial charge is 0.253 e. The molecule has 0 amide bonds. The summed E-state index contributed by atoms with van der Waals surface area (Å²) in [5.41, 5.74) is 2.70. The van der Waals surface area contributed by atoms with Crippen molar-refractivity contribution in [1.82, 2.24) is 14.5 Å². The van der Waals surface area contributed by atoms with Gasteiger partial charge in [0.2, 0.25) is 0 Å². The van der Waals surface area contributed by atoms with Gasteiger partial charge in [0.05, 0.1) is 24.1 Å². The predicted octanol–water partition coefficient (Wildman–Crippen LogP) is 3.14. The Morgan fingerprint density at radius 3 is 2.64 bits per heavy atom. The van der Waals surface area contributed by atoms with Crippen LogP contribution in [0.25, 0.3) is 10.9 Å². The Morgan fingerprint density at radius 1 is 1.09 bits per heavy atom. The summed E-state index contributed by atoms with van der Waals surface area (Å²) in [7, 11) is 0. The van der Waals surface area contributed by atoms with Gasteiger partial charge in [-0.3, -0.25) is 14.3 Å². The first kappa shape index (κ1) is 14.4. The summed E-state index contributed by atoms with van der Waals surface area (Å²) in [6.07, 6.45) is 3.41. The number of aromatic nitrogens is 3. The number of nitrogens with zero attached hydrogens (tertiary/aromatic N) is 3. The first-order valence-electron chi connectivity index (χ1n) is 7.34. The van der Waals surface area contributed by atoms with Crippen LogP contribution >= 0.6 is 0 Å². The van der Waals surface area contributed by atoms with Crippen LogP contribution in [0.15, 0.2) is 53.7 Å². The van der Waals surface area contributed by atoms with Gasteiger partial charge in [-0.15, -0.1) is 0 Å². The molecule has 0 bridgehead atoms. The van der Waals surface area contributed by atoms with Gasteiger partial charge in [-0.2, -0.15) is 0 Å². The van der Waals surface area contributed by atoms with Crippen molar-refractivity contribution >= 4 is 10.9 Å². The van der Waals surface area contributed by atoms with Gasteiger partial charge in [-0.05, 0) is 23.8 Å². The van der Waals surface area contributed by atoms with Crippen LogP contribution in [-0.4, -0.2) is 14.5 Å². The van der Waals surface area contributed by atoms with Crippen LogP contribution in [0.4, 0.5) is 0 Å². The number of hydrogen-bond donors (Lipinski definition) is 0. The Kier molecular flexibility index (Phi) is 3.53. The van der Waals surface area contributed by atoms with Crippen LogP contribution in [0.3, 0.4) is 0 Å². The third-order valence-electron chi connectivity index (χ3n) is 3.67. The average molecular weight is 293 g/mol. The van der Waals surface area contributed by atoms with Crippen LogP contribution in [-0.2, 0) is 12.0 Å². The van der Waals surface area contributed by atoms with Crippen molar-refractivity contribution in [1.29, 1.82) is 0 Å². The molecule has 22 heavy (non-hydrogen) atoms. The number of hydrogen-bond acceptors (Lipinski definition) is 3. The highest BCUT2D eigenvalue weighted by molar-refractivity contribution is 5.78. The second kappa shape index (κ2) is 5.37. The van der Waals surface area contributed by atoms with E-state index >= 15 is 0 Å². The fourth-order valence-electron chi connectivity index (χ4n) is 2.37. The molecule has 0 saturated heterocycles. The lowest BCUT2D eigenvalue weighted by atomic mass is 9.92. The van der Waals surface area contributed by atoms with E-state index in [1.165, 1.54) is 0 Å². The molecule has 0 saturated carbocycles. The van der Waals surface area contributed by atoms with Crippen molar-refractivity contribution in [3.8, 4) is 0 Å². The summed E-state index contributed by atoms with van der Waals surface area (Å²) in [4.78, 5) is 21.0. The van der Waals surface area contributed by atoms with E-state index in [-0.39, 0.29) is 11.0 Å². The summed E-state index contributed by atoms with van der Waals surface area (Å²) < 4.78 is 1.63. The maximum absolute atomic E-state index is 12.3. The van der Waals surface area contributed by atoms with E-state index in [9.17, 15) is 4.79 Å². The molecule has 0 aliphatic rings. The van der Waals surface area contributed by atoms with E-state index < -0.39 is 0 Å². The lowest BCUT2D eigenvalue weighted by Crippen LogP contribution is -2.25. The number of fused-ring (bicyclic) bond motifs is 1. The summed E-state index contributed by atoms with van der Waals surface area (Å²) in [6, 6.07) is 11.6. The third kappa shape index (κ3) is 2.91. The molecular formula is C18H19N3O. The zero-order valence-corrected chi connectivity index (χ0v) is 13.1. The molecular weight excluding hydrogens is 274 g/mol. The average Bonchev–Trinajstić information content (AvgIpc) is 2.48. The van der Waals surface area contributed by atoms with Crippen molar-refractivity contribution in [3.63, 3.8) is 0 Å². The topological polar surface area (TPSA) is 47.8 Å². The standard InChI is InChI=1S/C18H19N3O/c1-18(2,3)16-10-17(22)21(12-20-16)11-13-6-7-15-14(9-13)5-4-8-19-15/h4-10,12H,11H2,1-3H3. The first-order valence-corrected chi connectivity index (χ1v) is 7.34. The molecule has 4 nitrogen and oxygen atoms in total. The quantitative estimate of drug-likeness (QED) is 0.729. The monoisotopic (exact) mass is 293 g/mol. The Bertz CT molecular complexity index is 875. The molecule has 2 aromatic heterocycles. The fraction of sp³-hybridized carbons (Fsp3) is 0.278. The van der Waals surface area contributed by atoms with Crippen molar-refractivity contribution in [2.24, 2.45) is 0 Å². The lowest BCUT2D eigenvalue weighted by molar-refractivity contribution is 0.557. The van der Waals surface area contributed by atoms with E-state index in [2.05, 4.69) is 36.8 Å². The Labute approximate surface area is 129 Å².